The van der Waals surface area contributed by atoms with Gasteiger partial charge in [-0.05, 0) is 26.5 Å². The molecule has 0 atom stereocenters. The zero-order valence-electron chi connectivity index (χ0n) is 11.2. The summed E-state index contributed by atoms with van der Waals surface area (Å²) in [5.74, 6) is 0.688. The van der Waals surface area contributed by atoms with Crippen LogP contribution in [0.4, 0.5) is 0 Å². The summed E-state index contributed by atoms with van der Waals surface area (Å²) in [6.07, 6.45) is 1.75. The number of likely N-dealkylation sites (N-methyl/N-ethyl adjacent to an activating group) is 1. The Balaban J connectivity index is 2.67. The highest BCUT2D eigenvalue weighted by Gasteiger charge is 2.23. The Hall–Kier alpha value is -1.13. The summed E-state index contributed by atoms with van der Waals surface area (Å²) in [5.41, 5.74) is 0.939. The van der Waals surface area contributed by atoms with Crippen molar-refractivity contribution in [3.05, 3.63) is 23.9 Å². The van der Waals surface area contributed by atoms with E-state index < -0.39 is 0 Å². The fraction of sp³-hybridized carbons (Fsp3) is 0.615. The standard InChI is InChI=1S/C13H23N3O/c1-5-14-9-10-16-13(2,3)11-7-6-8-15-12(11)17-4/h6-8,14,16H,5,9-10H2,1-4H3. The molecule has 1 rings (SSSR count). The van der Waals surface area contributed by atoms with E-state index in [1.807, 2.05) is 12.1 Å². The number of nitrogens with one attached hydrogen (secondary N) is 2. The lowest BCUT2D eigenvalue weighted by Gasteiger charge is -2.28. The van der Waals surface area contributed by atoms with Crippen molar-refractivity contribution in [2.24, 2.45) is 0 Å². The van der Waals surface area contributed by atoms with Crippen molar-refractivity contribution < 1.29 is 4.74 Å². The van der Waals surface area contributed by atoms with Crippen molar-refractivity contribution in [1.82, 2.24) is 15.6 Å². The molecule has 0 amide bonds. The third kappa shape index (κ3) is 3.98. The number of aromatic nitrogens is 1. The molecule has 0 spiro atoms. The quantitative estimate of drug-likeness (QED) is 0.706. The van der Waals surface area contributed by atoms with Gasteiger partial charge in [-0.15, -0.1) is 0 Å². The van der Waals surface area contributed by atoms with Crippen LogP contribution in [0.5, 0.6) is 5.88 Å². The fourth-order valence-corrected chi connectivity index (χ4v) is 1.76. The van der Waals surface area contributed by atoms with Crippen LogP contribution in [0.2, 0.25) is 0 Å². The first-order valence-electron chi connectivity index (χ1n) is 6.07. The lowest BCUT2D eigenvalue weighted by molar-refractivity contribution is 0.349. The van der Waals surface area contributed by atoms with E-state index in [0.717, 1.165) is 25.2 Å². The maximum Gasteiger partial charge on any atom is 0.218 e. The van der Waals surface area contributed by atoms with Gasteiger partial charge >= 0.3 is 0 Å². The second-order valence-corrected chi connectivity index (χ2v) is 4.47. The summed E-state index contributed by atoms with van der Waals surface area (Å²) in [7, 11) is 1.65. The topological polar surface area (TPSA) is 46.2 Å². The highest BCUT2D eigenvalue weighted by molar-refractivity contribution is 5.32. The van der Waals surface area contributed by atoms with E-state index in [9.17, 15) is 0 Å². The van der Waals surface area contributed by atoms with E-state index in [1.165, 1.54) is 0 Å². The molecule has 1 heterocycles. The fourth-order valence-electron chi connectivity index (χ4n) is 1.76. The van der Waals surface area contributed by atoms with Crippen molar-refractivity contribution in [2.45, 2.75) is 26.3 Å². The summed E-state index contributed by atoms with van der Waals surface area (Å²) in [6, 6.07) is 3.98. The molecule has 96 valence electrons. The average molecular weight is 237 g/mol. The Morgan fingerprint density at radius 3 is 2.76 bits per heavy atom. The largest absolute Gasteiger partial charge is 0.481 e. The van der Waals surface area contributed by atoms with Gasteiger partial charge in [-0.3, -0.25) is 0 Å². The number of methoxy groups -OCH3 is 1. The van der Waals surface area contributed by atoms with Crippen LogP contribution in [0.25, 0.3) is 0 Å². The molecule has 0 aliphatic carbocycles. The smallest absolute Gasteiger partial charge is 0.218 e. The van der Waals surface area contributed by atoms with Crippen LogP contribution in [0, 0.1) is 0 Å². The molecule has 0 fully saturated rings. The van der Waals surface area contributed by atoms with Gasteiger partial charge in [0.1, 0.15) is 0 Å². The minimum absolute atomic E-state index is 0.144. The second kappa shape index (κ2) is 6.57. The molecule has 0 bridgehead atoms. The molecule has 1 aromatic rings. The van der Waals surface area contributed by atoms with Crippen molar-refractivity contribution in [3.63, 3.8) is 0 Å². The normalized spacial score (nSPS) is 11.5. The van der Waals surface area contributed by atoms with E-state index in [-0.39, 0.29) is 5.54 Å². The monoisotopic (exact) mass is 237 g/mol. The summed E-state index contributed by atoms with van der Waals surface area (Å²) >= 11 is 0. The van der Waals surface area contributed by atoms with Crippen molar-refractivity contribution in [3.8, 4) is 5.88 Å². The van der Waals surface area contributed by atoms with E-state index in [1.54, 1.807) is 13.3 Å². The Bertz CT molecular complexity index is 339. The van der Waals surface area contributed by atoms with Gasteiger partial charge in [-0.2, -0.15) is 0 Å². The molecule has 2 N–H and O–H groups in total. The van der Waals surface area contributed by atoms with E-state index >= 15 is 0 Å². The zero-order chi connectivity index (χ0) is 12.7. The summed E-state index contributed by atoms with van der Waals surface area (Å²) in [4.78, 5) is 4.23. The number of hydrogen-bond acceptors (Lipinski definition) is 4. The Morgan fingerprint density at radius 1 is 1.35 bits per heavy atom. The molecule has 4 nitrogen and oxygen atoms in total. The maximum absolute atomic E-state index is 5.29. The van der Waals surface area contributed by atoms with Gasteiger partial charge in [0, 0.05) is 30.4 Å². The zero-order valence-corrected chi connectivity index (χ0v) is 11.2. The molecule has 4 heteroatoms. The van der Waals surface area contributed by atoms with Crippen molar-refractivity contribution in [1.29, 1.82) is 0 Å². The SMILES string of the molecule is CCNCCNC(C)(C)c1cccnc1OC. The Kier molecular flexibility index (Phi) is 5.38. The first-order chi connectivity index (χ1) is 8.11. The maximum atomic E-state index is 5.29. The number of rotatable bonds is 7. The number of pyridine rings is 1. The van der Waals surface area contributed by atoms with Gasteiger partial charge in [0.15, 0.2) is 0 Å². The number of ether oxygens (including phenoxy) is 1. The molecular formula is C13H23N3O. The van der Waals surface area contributed by atoms with Crippen LogP contribution >= 0.6 is 0 Å². The molecule has 0 saturated heterocycles. The van der Waals surface area contributed by atoms with Gasteiger partial charge in [-0.1, -0.05) is 13.0 Å². The first-order valence-corrected chi connectivity index (χ1v) is 6.07. The molecule has 17 heavy (non-hydrogen) atoms. The third-order valence-corrected chi connectivity index (χ3v) is 2.76. The molecule has 0 unspecified atom stereocenters. The summed E-state index contributed by atoms with van der Waals surface area (Å²) < 4.78 is 5.29. The van der Waals surface area contributed by atoms with Crippen LogP contribution < -0.4 is 15.4 Å². The third-order valence-electron chi connectivity index (χ3n) is 2.76. The van der Waals surface area contributed by atoms with Crippen LogP contribution in [0.3, 0.4) is 0 Å². The van der Waals surface area contributed by atoms with Crippen LogP contribution in [0.15, 0.2) is 18.3 Å². The van der Waals surface area contributed by atoms with Crippen molar-refractivity contribution in [2.75, 3.05) is 26.7 Å². The predicted molar refractivity (Wildman–Crippen MR) is 70.4 cm³/mol. The Labute approximate surface area is 104 Å². The predicted octanol–water partition coefficient (Wildman–Crippen LogP) is 1.52. The van der Waals surface area contributed by atoms with E-state index in [0.29, 0.717) is 5.88 Å². The molecule has 1 aromatic heterocycles. The molecule has 0 aliphatic heterocycles. The Morgan fingerprint density at radius 2 is 2.12 bits per heavy atom. The van der Waals surface area contributed by atoms with Gasteiger partial charge in [0.2, 0.25) is 5.88 Å². The number of hydrogen-bond donors (Lipinski definition) is 2. The molecule has 0 aliphatic rings. The number of nitrogens with zero attached hydrogens (tertiary/aromatic N) is 1. The van der Waals surface area contributed by atoms with Gasteiger partial charge < -0.3 is 15.4 Å². The minimum Gasteiger partial charge on any atom is -0.481 e. The summed E-state index contributed by atoms with van der Waals surface area (Å²) in [5, 5.41) is 6.79. The van der Waals surface area contributed by atoms with Gasteiger partial charge in [0.05, 0.1) is 7.11 Å². The van der Waals surface area contributed by atoms with E-state index in [2.05, 4.69) is 36.4 Å². The average Bonchev–Trinajstić information content (AvgIpc) is 2.34. The second-order valence-electron chi connectivity index (χ2n) is 4.47. The highest BCUT2D eigenvalue weighted by Crippen LogP contribution is 2.26. The van der Waals surface area contributed by atoms with Gasteiger partial charge in [0.25, 0.3) is 0 Å². The molecule has 0 radical (unpaired) electrons. The molecule has 0 aromatic carbocycles. The van der Waals surface area contributed by atoms with Gasteiger partial charge in [-0.25, -0.2) is 4.98 Å². The van der Waals surface area contributed by atoms with Crippen LogP contribution in [-0.4, -0.2) is 31.7 Å². The minimum atomic E-state index is -0.144. The van der Waals surface area contributed by atoms with Crippen LogP contribution in [-0.2, 0) is 5.54 Å². The first kappa shape index (κ1) is 13.9. The van der Waals surface area contributed by atoms with Crippen LogP contribution in [0.1, 0.15) is 26.3 Å². The lowest BCUT2D eigenvalue weighted by atomic mass is 9.95. The van der Waals surface area contributed by atoms with Crippen molar-refractivity contribution >= 4 is 0 Å². The highest BCUT2D eigenvalue weighted by atomic mass is 16.5. The molecular weight excluding hydrogens is 214 g/mol. The molecule has 0 saturated carbocycles. The lowest BCUT2D eigenvalue weighted by Crippen LogP contribution is -2.40. The summed E-state index contributed by atoms with van der Waals surface area (Å²) in [6.45, 7) is 9.26. The van der Waals surface area contributed by atoms with E-state index in [4.69, 9.17) is 4.74 Å².